The van der Waals surface area contributed by atoms with Crippen LogP contribution in [-0.4, -0.2) is 11.6 Å². The Labute approximate surface area is 79.2 Å². The first kappa shape index (κ1) is 8.50. The van der Waals surface area contributed by atoms with Crippen LogP contribution in [0.25, 0.3) is 5.70 Å². The highest BCUT2D eigenvalue weighted by Gasteiger charge is 2.25. The minimum absolute atomic E-state index is 0.0187. The van der Waals surface area contributed by atoms with E-state index in [0.717, 1.165) is 6.08 Å². The molecule has 0 unspecified atom stereocenters. The molecule has 2 rings (SSSR count). The summed E-state index contributed by atoms with van der Waals surface area (Å²) in [6.07, 6.45) is 0.970. The van der Waals surface area contributed by atoms with Gasteiger partial charge in [-0.05, 0) is 5.18 Å². The Bertz CT molecular complexity index is 474. The van der Waals surface area contributed by atoms with Crippen LogP contribution in [0, 0.1) is 4.91 Å². The van der Waals surface area contributed by atoms with Gasteiger partial charge >= 0.3 is 0 Å². The van der Waals surface area contributed by atoms with E-state index < -0.39 is 11.6 Å². The fraction of sp³-hybridized carbons (Fsp3) is 0. The molecule has 0 N–H and O–H groups in total. The summed E-state index contributed by atoms with van der Waals surface area (Å²) in [5, 5.41) is 2.71. The number of hydrogen-bond acceptors (Lipinski definition) is 4. The highest BCUT2D eigenvalue weighted by Crippen LogP contribution is 2.25. The van der Waals surface area contributed by atoms with E-state index in [1.165, 1.54) is 6.07 Å². The van der Waals surface area contributed by atoms with Crippen LogP contribution in [-0.2, 0) is 4.79 Å². The van der Waals surface area contributed by atoms with E-state index in [0.29, 0.717) is 5.56 Å². The summed E-state index contributed by atoms with van der Waals surface area (Å²) < 4.78 is 0. The van der Waals surface area contributed by atoms with Crippen molar-refractivity contribution in [3.05, 3.63) is 46.4 Å². The number of ketones is 2. The summed E-state index contributed by atoms with van der Waals surface area (Å²) in [7, 11) is 0. The smallest absolute Gasteiger partial charge is 0.233 e. The van der Waals surface area contributed by atoms with Gasteiger partial charge in [0.05, 0.1) is 0 Å². The number of allylic oxidation sites excluding steroid dienone is 1. The van der Waals surface area contributed by atoms with E-state index in [4.69, 9.17) is 0 Å². The van der Waals surface area contributed by atoms with E-state index >= 15 is 0 Å². The Morgan fingerprint density at radius 2 is 1.64 bits per heavy atom. The fourth-order valence-corrected chi connectivity index (χ4v) is 1.38. The van der Waals surface area contributed by atoms with Gasteiger partial charge in [0.15, 0.2) is 0 Å². The molecule has 4 nitrogen and oxygen atoms in total. The molecule has 0 saturated carbocycles. The molecule has 1 aromatic rings. The Morgan fingerprint density at radius 1 is 1.00 bits per heavy atom. The summed E-state index contributed by atoms with van der Waals surface area (Å²) in [6.45, 7) is 0. The number of nitrogens with zero attached hydrogens (tertiary/aromatic N) is 1. The average Bonchev–Trinajstić information content (AvgIpc) is 2.23. The van der Waals surface area contributed by atoms with Crippen molar-refractivity contribution in [2.45, 2.75) is 0 Å². The van der Waals surface area contributed by atoms with Gasteiger partial charge in [-0.1, -0.05) is 24.3 Å². The van der Waals surface area contributed by atoms with Crippen LogP contribution >= 0.6 is 0 Å². The summed E-state index contributed by atoms with van der Waals surface area (Å²) in [5.41, 5.74) is 0.687. The van der Waals surface area contributed by atoms with Crippen molar-refractivity contribution in [1.29, 1.82) is 0 Å². The quantitative estimate of drug-likeness (QED) is 0.495. The van der Waals surface area contributed by atoms with Crippen LogP contribution in [0.5, 0.6) is 0 Å². The lowest BCUT2D eigenvalue weighted by Gasteiger charge is -2.09. The third-order valence-electron chi connectivity index (χ3n) is 2.04. The normalized spacial score (nSPS) is 14.7. The summed E-state index contributed by atoms with van der Waals surface area (Å²) in [5.74, 6) is -1.29. The molecule has 1 aliphatic rings. The van der Waals surface area contributed by atoms with Gasteiger partial charge in [0.1, 0.15) is 5.70 Å². The number of carbonyl (C=O) groups is 2. The van der Waals surface area contributed by atoms with E-state index in [1.54, 1.807) is 18.2 Å². The molecule has 4 heteroatoms. The summed E-state index contributed by atoms with van der Waals surface area (Å²) >= 11 is 0. The van der Waals surface area contributed by atoms with Crippen molar-refractivity contribution >= 4 is 17.3 Å². The molecule has 0 aliphatic heterocycles. The van der Waals surface area contributed by atoms with Gasteiger partial charge in [-0.15, -0.1) is 4.91 Å². The zero-order valence-corrected chi connectivity index (χ0v) is 7.06. The Hall–Kier alpha value is -2.10. The van der Waals surface area contributed by atoms with Crippen LogP contribution in [0.4, 0.5) is 0 Å². The zero-order chi connectivity index (χ0) is 10.1. The molecule has 0 amide bonds. The second-order valence-corrected chi connectivity index (χ2v) is 2.86. The van der Waals surface area contributed by atoms with E-state index in [-0.39, 0.29) is 11.3 Å². The molecule has 14 heavy (non-hydrogen) atoms. The second-order valence-electron chi connectivity index (χ2n) is 2.86. The molecule has 0 fully saturated rings. The number of rotatable bonds is 1. The standard InChI is InChI=1S/C10H5NO3/c12-9-5-8(11-14)6-3-1-2-4-7(6)10(9)13/h1-5H. The molecule has 0 radical (unpaired) electrons. The van der Waals surface area contributed by atoms with Crippen molar-refractivity contribution < 1.29 is 9.59 Å². The minimum Gasteiger partial charge on any atom is -0.285 e. The molecule has 0 aromatic heterocycles. The molecule has 0 bridgehead atoms. The SMILES string of the molecule is O=NC1=CC(=O)C(=O)c2ccccc21. The van der Waals surface area contributed by atoms with E-state index in [2.05, 4.69) is 5.18 Å². The number of nitroso groups, excluding NO2 is 1. The van der Waals surface area contributed by atoms with E-state index in [9.17, 15) is 14.5 Å². The van der Waals surface area contributed by atoms with E-state index in [1.807, 2.05) is 0 Å². The van der Waals surface area contributed by atoms with Crippen LogP contribution < -0.4 is 0 Å². The molecule has 0 atom stereocenters. The van der Waals surface area contributed by atoms with Crippen molar-refractivity contribution in [3.63, 3.8) is 0 Å². The van der Waals surface area contributed by atoms with Crippen LogP contribution in [0.3, 0.4) is 0 Å². The minimum atomic E-state index is -0.696. The topological polar surface area (TPSA) is 63.6 Å². The zero-order valence-electron chi connectivity index (χ0n) is 7.06. The first-order valence-electron chi connectivity index (χ1n) is 3.97. The maximum atomic E-state index is 11.3. The van der Waals surface area contributed by atoms with Crippen LogP contribution in [0.1, 0.15) is 15.9 Å². The number of hydrogen-bond donors (Lipinski definition) is 0. The molecule has 0 spiro atoms. The lowest BCUT2D eigenvalue weighted by atomic mass is 9.93. The maximum Gasteiger partial charge on any atom is 0.233 e. The monoisotopic (exact) mass is 187 g/mol. The van der Waals surface area contributed by atoms with Gasteiger partial charge in [0, 0.05) is 17.2 Å². The van der Waals surface area contributed by atoms with Crippen molar-refractivity contribution in [2.75, 3.05) is 0 Å². The predicted octanol–water partition coefficient (Wildman–Crippen LogP) is 1.56. The molecule has 1 aromatic carbocycles. The number of fused-ring (bicyclic) bond motifs is 1. The first-order chi connectivity index (χ1) is 6.74. The van der Waals surface area contributed by atoms with Crippen molar-refractivity contribution in [1.82, 2.24) is 0 Å². The Morgan fingerprint density at radius 3 is 2.29 bits per heavy atom. The largest absolute Gasteiger partial charge is 0.285 e. The lowest BCUT2D eigenvalue weighted by molar-refractivity contribution is -0.111. The Balaban J connectivity index is 2.72. The second kappa shape index (κ2) is 2.99. The molecule has 1 aliphatic carbocycles. The average molecular weight is 187 g/mol. The molecular weight excluding hydrogens is 182 g/mol. The molecule has 68 valence electrons. The summed E-state index contributed by atoms with van der Waals surface area (Å²) in [4.78, 5) is 32.8. The van der Waals surface area contributed by atoms with Gasteiger partial charge in [-0.2, -0.15) is 0 Å². The third-order valence-corrected chi connectivity index (χ3v) is 2.04. The lowest BCUT2D eigenvalue weighted by Crippen LogP contribution is -2.17. The molecule has 0 heterocycles. The van der Waals surface area contributed by atoms with Gasteiger partial charge in [0.25, 0.3) is 0 Å². The summed E-state index contributed by atoms with van der Waals surface area (Å²) in [6, 6.07) is 6.42. The molecular formula is C10H5NO3. The highest BCUT2D eigenvalue weighted by atomic mass is 16.3. The van der Waals surface area contributed by atoms with Crippen LogP contribution in [0.15, 0.2) is 35.5 Å². The maximum absolute atomic E-state index is 11.3. The van der Waals surface area contributed by atoms with Gasteiger partial charge in [-0.3, -0.25) is 9.59 Å². The van der Waals surface area contributed by atoms with Gasteiger partial charge < -0.3 is 0 Å². The van der Waals surface area contributed by atoms with Crippen LogP contribution in [0.2, 0.25) is 0 Å². The predicted molar refractivity (Wildman–Crippen MR) is 49.6 cm³/mol. The number of benzene rings is 1. The van der Waals surface area contributed by atoms with Crippen molar-refractivity contribution in [3.8, 4) is 0 Å². The number of Topliss-reactive ketones (excluding diaryl/α,β-unsaturated/α-hetero) is 1. The van der Waals surface area contributed by atoms with Gasteiger partial charge in [-0.25, -0.2) is 0 Å². The van der Waals surface area contributed by atoms with Crippen molar-refractivity contribution in [2.24, 2.45) is 5.18 Å². The van der Waals surface area contributed by atoms with Gasteiger partial charge in [0.2, 0.25) is 11.6 Å². The molecule has 0 saturated heterocycles. The third kappa shape index (κ3) is 1.08. The first-order valence-corrected chi connectivity index (χ1v) is 3.97. The fourth-order valence-electron chi connectivity index (χ4n) is 1.38. The number of carbonyl (C=O) groups excluding carboxylic acids is 2. The highest BCUT2D eigenvalue weighted by molar-refractivity contribution is 6.50. The Kier molecular flexibility index (Phi) is 1.81.